The molecular weight excluding hydrogens is 316 g/mol. The maximum Gasteiger partial charge on any atom is 0.115 e. The second-order valence-corrected chi connectivity index (χ2v) is 6.12. The summed E-state index contributed by atoms with van der Waals surface area (Å²) >= 11 is 0. The molecule has 0 bridgehead atoms. The van der Waals surface area contributed by atoms with Gasteiger partial charge in [0.05, 0.1) is 23.7 Å². The zero-order valence-corrected chi connectivity index (χ0v) is 14.1. The number of nitrogens with zero attached hydrogens (tertiary/aromatic N) is 6. The zero-order chi connectivity index (χ0) is 17.1. The van der Waals surface area contributed by atoms with Crippen molar-refractivity contribution in [2.75, 3.05) is 19.7 Å². The van der Waals surface area contributed by atoms with Gasteiger partial charge in [0.25, 0.3) is 0 Å². The highest BCUT2D eigenvalue weighted by molar-refractivity contribution is 5.56. The Morgan fingerprint density at radius 3 is 2.88 bits per heavy atom. The van der Waals surface area contributed by atoms with Gasteiger partial charge in [0, 0.05) is 50.8 Å². The fraction of sp³-hybridized carbons (Fsp3) is 0.333. The summed E-state index contributed by atoms with van der Waals surface area (Å²) < 4.78 is 7.89. The van der Waals surface area contributed by atoms with Crippen molar-refractivity contribution in [2.45, 2.75) is 12.6 Å². The lowest BCUT2D eigenvalue weighted by molar-refractivity contribution is -0.0355. The van der Waals surface area contributed by atoms with Crippen molar-refractivity contribution in [1.29, 1.82) is 0 Å². The van der Waals surface area contributed by atoms with Gasteiger partial charge in [-0.2, -0.15) is 5.10 Å². The average Bonchev–Trinajstić information content (AvgIpc) is 3.07. The number of aryl methyl sites for hydroxylation is 1. The summed E-state index contributed by atoms with van der Waals surface area (Å²) in [5.41, 5.74) is 3.91. The van der Waals surface area contributed by atoms with Crippen LogP contribution in [-0.4, -0.2) is 49.3 Å². The Hall–Kier alpha value is -2.64. The second-order valence-electron chi connectivity index (χ2n) is 6.12. The highest BCUT2D eigenvalue weighted by Crippen LogP contribution is 2.24. The van der Waals surface area contributed by atoms with Crippen molar-refractivity contribution < 1.29 is 4.74 Å². The normalized spacial score (nSPS) is 18.4. The molecule has 1 aliphatic heterocycles. The first kappa shape index (κ1) is 15.9. The monoisotopic (exact) mass is 336 g/mol. The van der Waals surface area contributed by atoms with Crippen LogP contribution in [0.1, 0.15) is 17.5 Å². The van der Waals surface area contributed by atoms with Crippen LogP contribution in [0.25, 0.3) is 11.3 Å². The van der Waals surface area contributed by atoms with E-state index in [-0.39, 0.29) is 6.10 Å². The van der Waals surface area contributed by atoms with Crippen molar-refractivity contribution in [1.82, 2.24) is 29.6 Å². The second kappa shape index (κ2) is 7.08. The molecule has 0 aliphatic carbocycles. The molecule has 128 valence electrons. The number of pyridine rings is 1. The molecule has 0 spiro atoms. The van der Waals surface area contributed by atoms with Crippen LogP contribution in [0.15, 0.2) is 49.2 Å². The fourth-order valence-electron chi connectivity index (χ4n) is 3.03. The summed E-state index contributed by atoms with van der Waals surface area (Å²) in [4.78, 5) is 15.3. The van der Waals surface area contributed by atoms with E-state index >= 15 is 0 Å². The van der Waals surface area contributed by atoms with E-state index in [1.54, 1.807) is 12.4 Å². The van der Waals surface area contributed by atoms with E-state index in [1.165, 1.54) is 12.0 Å². The molecule has 0 unspecified atom stereocenters. The third kappa shape index (κ3) is 3.57. The first-order chi connectivity index (χ1) is 12.3. The Bertz CT molecular complexity index is 834. The Kier molecular flexibility index (Phi) is 4.49. The molecule has 7 heteroatoms. The van der Waals surface area contributed by atoms with Gasteiger partial charge in [0.2, 0.25) is 0 Å². The van der Waals surface area contributed by atoms with Gasteiger partial charge in [-0.25, -0.2) is 15.0 Å². The lowest BCUT2D eigenvalue weighted by atomic mass is 10.1. The van der Waals surface area contributed by atoms with Crippen LogP contribution in [0.3, 0.4) is 0 Å². The summed E-state index contributed by atoms with van der Waals surface area (Å²) in [6.07, 6.45) is 6.87. The molecule has 7 nitrogen and oxygen atoms in total. The number of rotatable bonds is 4. The Balaban J connectivity index is 1.51. The van der Waals surface area contributed by atoms with Crippen molar-refractivity contribution in [3.8, 4) is 11.3 Å². The lowest BCUT2D eigenvalue weighted by Crippen LogP contribution is -2.38. The third-order valence-electron chi connectivity index (χ3n) is 4.42. The Morgan fingerprint density at radius 1 is 1.20 bits per heavy atom. The molecule has 1 fully saturated rings. The van der Waals surface area contributed by atoms with E-state index in [0.29, 0.717) is 6.61 Å². The minimum absolute atomic E-state index is 0.0356. The van der Waals surface area contributed by atoms with Gasteiger partial charge in [-0.3, -0.25) is 9.58 Å². The van der Waals surface area contributed by atoms with Crippen LogP contribution in [0.4, 0.5) is 0 Å². The Labute approximate surface area is 146 Å². The number of hydrogen-bond donors (Lipinski definition) is 0. The standard InChI is InChI=1S/C18H20N6O/c1-23-15(5-6-21-23)11-24-7-8-25-18(12-24)17-4-2-3-16(22-17)14-9-19-13-20-10-14/h2-6,9-10,13,18H,7-8,11-12H2,1H3/t18-/m1/s1. The van der Waals surface area contributed by atoms with Crippen LogP contribution < -0.4 is 0 Å². The van der Waals surface area contributed by atoms with Crippen molar-refractivity contribution in [3.63, 3.8) is 0 Å². The summed E-state index contributed by atoms with van der Waals surface area (Å²) in [5, 5.41) is 4.24. The molecule has 25 heavy (non-hydrogen) atoms. The molecule has 1 saturated heterocycles. The lowest BCUT2D eigenvalue weighted by Gasteiger charge is -2.32. The SMILES string of the molecule is Cn1nccc1CN1CCO[C@@H](c2cccc(-c3cncnc3)n2)C1. The molecule has 0 N–H and O–H groups in total. The third-order valence-corrected chi connectivity index (χ3v) is 4.42. The topological polar surface area (TPSA) is 69.0 Å². The predicted molar refractivity (Wildman–Crippen MR) is 92.4 cm³/mol. The Morgan fingerprint density at radius 2 is 2.08 bits per heavy atom. The van der Waals surface area contributed by atoms with E-state index < -0.39 is 0 Å². The smallest absolute Gasteiger partial charge is 0.115 e. The number of morpholine rings is 1. The van der Waals surface area contributed by atoms with Crippen LogP contribution in [0, 0.1) is 0 Å². The van der Waals surface area contributed by atoms with Gasteiger partial charge in [-0.15, -0.1) is 0 Å². The highest BCUT2D eigenvalue weighted by atomic mass is 16.5. The molecule has 0 amide bonds. The van der Waals surface area contributed by atoms with Crippen molar-refractivity contribution in [2.24, 2.45) is 7.05 Å². The maximum atomic E-state index is 5.98. The van der Waals surface area contributed by atoms with E-state index in [0.717, 1.165) is 36.6 Å². The van der Waals surface area contributed by atoms with E-state index in [2.05, 4.69) is 26.0 Å². The maximum absolute atomic E-state index is 5.98. The van der Waals surface area contributed by atoms with E-state index in [9.17, 15) is 0 Å². The first-order valence-corrected chi connectivity index (χ1v) is 8.33. The molecule has 3 aromatic rings. The van der Waals surface area contributed by atoms with E-state index in [1.807, 2.05) is 36.1 Å². The van der Waals surface area contributed by atoms with Crippen LogP contribution >= 0.6 is 0 Å². The van der Waals surface area contributed by atoms with Gasteiger partial charge in [-0.05, 0) is 18.2 Å². The van der Waals surface area contributed by atoms with Crippen molar-refractivity contribution in [3.05, 3.63) is 60.6 Å². The average molecular weight is 336 g/mol. The van der Waals surface area contributed by atoms with Crippen LogP contribution in [0.2, 0.25) is 0 Å². The molecule has 0 radical (unpaired) electrons. The summed E-state index contributed by atoms with van der Waals surface area (Å²) in [6, 6.07) is 8.05. The minimum atomic E-state index is -0.0356. The number of ether oxygens (including phenoxy) is 1. The highest BCUT2D eigenvalue weighted by Gasteiger charge is 2.24. The molecular formula is C18H20N6O. The number of aromatic nitrogens is 5. The molecule has 0 saturated carbocycles. The molecule has 1 atom stereocenters. The van der Waals surface area contributed by atoms with Crippen molar-refractivity contribution >= 4 is 0 Å². The molecule has 1 aliphatic rings. The minimum Gasteiger partial charge on any atom is -0.369 e. The quantitative estimate of drug-likeness (QED) is 0.724. The van der Waals surface area contributed by atoms with Gasteiger partial charge in [0.15, 0.2) is 0 Å². The summed E-state index contributed by atoms with van der Waals surface area (Å²) in [6.45, 7) is 3.28. The first-order valence-electron chi connectivity index (χ1n) is 8.33. The van der Waals surface area contributed by atoms with Gasteiger partial charge in [-0.1, -0.05) is 6.07 Å². The molecule has 4 heterocycles. The fourth-order valence-corrected chi connectivity index (χ4v) is 3.03. The largest absolute Gasteiger partial charge is 0.369 e. The molecule has 0 aromatic carbocycles. The van der Waals surface area contributed by atoms with Gasteiger partial charge in [0.1, 0.15) is 12.4 Å². The number of hydrogen-bond acceptors (Lipinski definition) is 6. The van der Waals surface area contributed by atoms with Gasteiger partial charge < -0.3 is 4.74 Å². The summed E-state index contributed by atoms with van der Waals surface area (Å²) in [7, 11) is 1.97. The molecule has 3 aromatic heterocycles. The summed E-state index contributed by atoms with van der Waals surface area (Å²) in [5.74, 6) is 0. The van der Waals surface area contributed by atoms with Crippen LogP contribution in [-0.2, 0) is 18.3 Å². The predicted octanol–water partition coefficient (Wildman–Crippen LogP) is 1.85. The zero-order valence-electron chi connectivity index (χ0n) is 14.1. The van der Waals surface area contributed by atoms with Crippen LogP contribution in [0.5, 0.6) is 0 Å². The van der Waals surface area contributed by atoms with Gasteiger partial charge >= 0.3 is 0 Å². The molecule has 4 rings (SSSR count). The van der Waals surface area contributed by atoms with E-state index in [4.69, 9.17) is 9.72 Å².